The summed E-state index contributed by atoms with van der Waals surface area (Å²) in [5, 5.41) is 10.0. The maximum Gasteiger partial charge on any atom is 0.267 e. The first kappa shape index (κ1) is 24.9. The Hall–Kier alpha value is -3.82. The number of hydrogen-bond donors (Lipinski definition) is 0. The number of benzene rings is 3. The predicted octanol–water partition coefficient (Wildman–Crippen LogP) is 7.38. The largest absolute Gasteiger partial charge is 0.489 e. The molecule has 37 heavy (non-hydrogen) atoms. The first-order chi connectivity index (χ1) is 18.1. The van der Waals surface area contributed by atoms with E-state index < -0.39 is 0 Å². The van der Waals surface area contributed by atoms with Crippen molar-refractivity contribution in [2.45, 2.75) is 51.7 Å². The van der Waals surface area contributed by atoms with E-state index in [0.717, 1.165) is 47.7 Å². The van der Waals surface area contributed by atoms with Crippen molar-refractivity contribution >= 4 is 34.6 Å². The molecule has 186 valence electrons. The second-order valence-corrected chi connectivity index (χ2v) is 10.4. The number of nitrogens with zero attached hydrogens (tertiary/aromatic N) is 3. The zero-order valence-corrected chi connectivity index (χ0v) is 21.7. The summed E-state index contributed by atoms with van der Waals surface area (Å²) in [5.74, 6) is 0.752. The molecule has 1 heterocycles. The van der Waals surface area contributed by atoms with Crippen LogP contribution in [0.25, 0.3) is 6.08 Å². The summed E-state index contributed by atoms with van der Waals surface area (Å²) in [5.41, 5.74) is 4.45. The molecule has 0 N–H and O–H groups in total. The molecule has 2 fully saturated rings. The van der Waals surface area contributed by atoms with Gasteiger partial charge in [0.15, 0.2) is 5.17 Å². The monoisotopic (exact) mass is 507 g/mol. The minimum Gasteiger partial charge on any atom is -0.489 e. The molecule has 3 aromatic carbocycles. The molecular weight excluding hydrogens is 478 g/mol. The lowest BCUT2D eigenvalue weighted by Crippen LogP contribution is -2.40. The molecule has 1 saturated heterocycles. The van der Waals surface area contributed by atoms with Gasteiger partial charge in [0.05, 0.1) is 22.2 Å². The molecule has 1 aliphatic heterocycles. The van der Waals surface area contributed by atoms with Gasteiger partial charge in [-0.2, -0.15) is 5.26 Å². The van der Waals surface area contributed by atoms with Crippen molar-refractivity contribution in [1.82, 2.24) is 4.90 Å². The number of hydrogen-bond acceptors (Lipinski definition) is 5. The van der Waals surface area contributed by atoms with E-state index in [9.17, 15) is 10.1 Å². The summed E-state index contributed by atoms with van der Waals surface area (Å²) in [4.78, 5) is 21.1. The van der Waals surface area contributed by atoms with E-state index in [1.165, 1.54) is 23.7 Å². The fourth-order valence-electron chi connectivity index (χ4n) is 4.68. The smallest absolute Gasteiger partial charge is 0.267 e. The van der Waals surface area contributed by atoms with Gasteiger partial charge in [-0.05, 0) is 73.5 Å². The summed E-state index contributed by atoms with van der Waals surface area (Å²) in [7, 11) is 0. The number of ether oxygens (including phenoxy) is 1. The van der Waals surface area contributed by atoms with Crippen molar-refractivity contribution in [3.8, 4) is 11.8 Å². The SMILES string of the molecule is Cc1ccc(N=C2S/C(=C/c3ccc(OCc4ccccc4C#N)cc3)C(=O)N2C2CCCCC2)cc1. The van der Waals surface area contributed by atoms with Gasteiger partial charge in [0.2, 0.25) is 0 Å². The highest BCUT2D eigenvalue weighted by Crippen LogP contribution is 2.38. The van der Waals surface area contributed by atoms with Crippen LogP contribution >= 0.6 is 11.8 Å². The Morgan fingerprint density at radius 3 is 2.49 bits per heavy atom. The number of rotatable bonds is 6. The normalized spacial score (nSPS) is 18.4. The Morgan fingerprint density at radius 1 is 1.03 bits per heavy atom. The molecule has 2 aliphatic rings. The van der Waals surface area contributed by atoms with E-state index in [1.807, 2.05) is 77.7 Å². The van der Waals surface area contributed by atoms with Gasteiger partial charge < -0.3 is 4.74 Å². The molecule has 1 aliphatic carbocycles. The van der Waals surface area contributed by atoms with E-state index in [2.05, 4.69) is 13.0 Å². The molecule has 1 saturated carbocycles. The third-order valence-corrected chi connectivity index (χ3v) is 7.73. The molecule has 0 atom stereocenters. The van der Waals surface area contributed by atoms with Gasteiger partial charge in [-0.3, -0.25) is 9.69 Å². The first-order valence-corrected chi connectivity index (χ1v) is 13.5. The lowest BCUT2D eigenvalue weighted by Gasteiger charge is -2.30. The van der Waals surface area contributed by atoms with Gasteiger partial charge >= 0.3 is 0 Å². The molecule has 0 radical (unpaired) electrons. The van der Waals surface area contributed by atoms with E-state index in [-0.39, 0.29) is 11.9 Å². The Labute approximate surface area is 222 Å². The van der Waals surface area contributed by atoms with E-state index >= 15 is 0 Å². The van der Waals surface area contributed by atoms with Crippen LogP contribution in [0.2, 0.25) is 0 Å². The van der Waals surface area contributed by atoms with Gasteiger partial charge in [-0.15, -0.1) is 0 Å². The molecule has 0 aromatic heterocycles. The third-order valence-electron chi connectivity index (χ3n) is 6.75. The van der Waals surface area contributed by atoms with Crippen LogP contribution in [-0.4, -0.2) is 22.0 Å². The average Bonchev–Trinajstić information content (AvgIpc) is 3.24. The Bertz CT molecular complexity index is 1360. The molecular formula is C31H29N3O2S. The van der Waals surface area contributed by atoms with Gasteiger partial charge in [-0.25, -0.2) is 4.99 Å². The maximum atomic E-state index is 13.6. The number of carbonyl (C=O) groups is 1. The van der Waals surface area contributed by atoms with E-state index in [0.29, 0.717) is 22.8 Å². The second-order valence-electron chi connectivity index (χ2n) is 9.43. The number of thioether (sulfide) groups is 1. The molecule has 0 unspecified atom stereocenters. The summed E-state index contributed by atoms with van der Waals surface area (Å²) < 4.78 is 5.90. The molecule has 5 nitrogen and oxygen atoms in total. The van der Waals surface area contributed by atoms with Crippen molar-refractivity contribution in [3.63, 3.8) is 0 Å². The quantitative estimate of drug-likeness (QED) is 0.327. The fraction of sp³-hybridized carbons (Fsp3) is 0.258. The van der Waals surface area contributed by atoms with Crippen LogP contribution < -0.4 is 4.74 Å². The minimum absolute atomic E-state index is 0.0381. The predicted molar refractivity (Wildman–Crippen MR) is 149 cm³/mol. The molecule has 3 aromatic rings. The van der Waals surface area contributed by atoms with Gasteiger partial charge in [0.25, 0.3) is 5.91 Å². The van der Waals surface area contributed by atoms with Crippen LogP contribution in [0, 0.1) is 18.3 Å². The standard InChI is InChI=1S/C31H29N3O2S/c1-22-11-15-26(16-12-22)33-31-34(27-9-3-2-4-10-27)30(35)29(37-31)19-23-13-17-28(18-14-23)36-21-25-8-6-5-7-24(25)20-32/h5-8,11-19,27H,2-4,9-10,21H2,1H3/b29-19+,33-31?. The number of amidine groups is 1. The zero-order chi connectivity index (χ0) is 25.6. The third kappa shape index (κ3) is 5.95. The van der Waals surface area contributed by atoms with E-state index in [4.69, 9.17) is 9.73 Å². The number of aryl methyl sites for hydroxylation is 1. The fourth-order valence-corrected chi connectivity index (χ4v) is 5.74. The number of nitriles is 1. The highest BCUT2D eigenvalue weighted by molar-refractivity contribution is 8.18. The summed E-state index contributed by atoms with van der Waals surface area (Å²) in [6.07, 6.45) is 7.51. The van der Waals surface area contributed by atoms with Gasteiger partial charge in [0, 0.05) is 11.6 Å². The molecule has 5 rings (SSSR count). The van der Waals surface area contributed by atoms with Crippen molar-refractivity contribution in [3.05, 3.63) is 100.0 Å². The Morgan fingerprint density at radius 2 is 1.76 bits per heavy atom. The van der Waals surface area contributed by atoms with Gasteiger partial charge in [-0.1, -0.05) is 67.3 Å². The molecule has 0 bridgehead atoms. The number of carbonyl (C=O) groups excluding carboxylic acids is 1. The summed E-state index contributed by atoms with van der Waals surface area (Å²) in [6, 6.07) is 25.6. The maximum absolute atomic E-state index is 13.6. The highest BCUT2D eigenvalue weighted by atomic mass is 32.2. The highest BCUT2D eigenvalue weighted by Gasteiger charge is 2.38. The second kappa shape index (κ2) is 11.5. The molecule has 6 heteroatoms. The number of aliphatic imine (C=N–C) groups is 1. The lowest BCUT2D eigenvalue weighted by molar-refractivity contribution is -0.124. The van der Waals surface area contributed by atoms with Gasteiger partial charge in [0.1, 0.15) is 12.4 Å². The summed E-state index contributed by atoms with van der Waals surface area (Å²) >= 11 is 1.46. The van der Waals surface area contributed by atoms with Crippen LogP contribution in [0.3, 0.4) is 0 Å². The van der Waals surface area contributed by atoms with Crippen LogP contribution in [0.5, 0.6) is 5.75 Å². The van der Waals surface area contributed by atoms with Crippen LogP contribution in [0.4, 0.5) is 5.69 Å². The van der Waals surface area contributed by atoms with Crippen molar-refractivity contribution in [2.75, 3.05) is 0 Å². The topological polar surface area (TPSA) is 65.7 Å². The van der Waals surface area contributed by atoms with Crippen molar-refractivity contribution in [1.29, 1.82) is 5.26 Å². The average molecular weight is 508 g/mol. The molecule has 0 spiro atoms. The van der Waals surface area contributed by atoms with Crippen LogP contribution in [-0.2, 0) is 11.4 Å². The van der Waals surface area contributed by atoms with E-state index in [1.54, 1.807) is 6.07 Å². The Balaban J connectivity index is 1.34. The number of amides is 1. The Kier molecular flexibility index (Phi) is 7.72. The first-order valence-electron chi connectivity index (χ1n) is 12.7. The van der Waals surface area contributed by atoms with Crippen molar-refractivity contribution < 1.29 is 9.53 Å². The van der Waals surface area contributed by atoms with Crippen LogP contribution in [0.1, 0.15) is 54.4 Å². The zero-order valence-electron chi connectivity index (χ0n) is 20.9. The summed E-state index contributed by atoms with van der Waals surface area (Å²) in [6.45, 7) is 2.38. The molecule has 1 amide bonds. The minimum atomic E-state index is 0.0381. The van der Waals surface area contributed by atoms with Crippen LogP contribution in [0.15, 0.2) is 82.7 Å². The van der Waals surface area contributed by atoms with Crippen molar-refractivity contribution in [2.24, 2.45) is 4.99 Å². The lowest BCUT2D eigenvalue weighted by atomic mass is 9.94.